The third-order valence-electron chi connectivity index (χ3n) is 3.36. The minimum Gasteiger partial charge on any atom is -0.493 e. The predicted octanol–water partition coefficient (Wildman–Crippen LogP) is 0.533. The van der Waals surface area contributed by atoms with E-state index in [1.165, 1.54) is 14.2 Å². The Labute approximate surface area is 121 Å². The van der Waals surface area contributed by atoms with Crippen molar-refractivity contribution in [1.29, 1.82) is 0 Å². The van der Waals surface area contributed by atoms with Crippen LogP contribution in [0.25, 0.3) is 0 Å². The van der Waals surface area contributed by atoms with E-state index >= 15 is 0 Å². The van der Waals surface area contributed by atoms with Gasteiger partial charge in [0.05, 0.1) is 39.0 Å². The van der Waals surface area contributed by atoms with E-state index in [9.17, 15) is 9.59 Å². The van der Waals surface area contributed by atoms with Crippen molar-refractivity contribution < 1.29 is 28.9 Å². The summed E-state index contributed by atoms with van der Waals surface area (Å²) in [6, 6.07) is 4.36. The van der Waals surface area contributed by atoms with Gasteiger partial charge in [0.25, 0.3) is 5.91 Å². The second-order valence-electron chi connectivity index (χ2n) is 4.60. The van der Waals surface area contributed by atoms with Crippen LogP contribution in [0.1, 0.15) is 10.4 Å². The van der Waals surface area contributed by atoms with Crippen molar-refractivity contribution in [2.75, 3.05) is 27.4 Å². The lowest BCUT2D eigenvalue weighted by atomic mass is 10.0. The van der Waals surface area contributed by atoms with Gasteiger partial charge in [0, 0.05) is 0 Å². The number of amides is 1. The standard InChI is InChI=1S/C14H17NO6/c1-19-11-5-3-4-8(12(11)20-2)13(16)15-10-7-21-6-9(10)14(17)18/h3-5,9-10H,6-7H2,1-2H3,(H,15,16)(H,17,18). The Kier molecular flexibility index (Phi) is 4.64. The summed E-state index contributed by atoms with van der Waals surface area (Å²) in [5.41, 5.74) is 0.285. The van der Waals surface area contributed by atoms with Gasteiger partial charge in [-0.3, -0.25) is 9.59 Å². The maximum absolute atomic E-state index is 12.3. The number of carboxylic acid groups (broad SMARTS) is 1. The highest BCUT2D eigenvalue weighted by Crippen LogP contribution is 2.30. The van der Waals surface area contributed by atoms with Crippen molar-refractivity contribution in [3.63, 3.8) is 0 Å². The SMILES string of the molecule is COc1cccc(C(=O)NC2COCC2C(=O)O)c1OC. The zero-order valence-electron chi connectivity index (χ0n) is 11.8. The summed E-state index contributed by atoms with van der Waals surface area (Å²) in [5.74, 6) is -1.42. The molecule has 1 saturated heterocycles. The molecule has 0 saturated carbocycles. The predicted molar refractivity (Wildman–Crippen MR) is 72.7 cm³/mol. The number of ether oxygens (including phenoxy) is 3. The number of hydrogen-bond donors (Lipinski definition) is 2. The molecule has 7 heteroatoms. The third-order valence-corrected chi connectivity index (χ3v) is 3.36. The first-order valence-corrected chi connectivity index (χ1v) is 6.41. The zero-order chi connectivity index (χ0) is 15.4. The maximum atomic E-state index is 12.3. The number of hydrogen-bond acceptors (Lipinski definition) is 5. The van der Waals surface area contributed by atoms with E-state index in [0.717, 1.165) is 0 Å². The molecule has 1 amide bonds. The smallest absolute Gasteiger partial charge is 0.311 e. The number of carbonyl (C=O) groups excluding carboxylic acids is 1. The van der Waals surface area contributed by atoms with Crippen LogP contribution in [0.4, 0.5) is 0 Å². The summed E-state index contributed by atoms with van der Waals surface area (Å²) in [6.07, 6.45) is 0. The molecule has 114 valence electrons. The van der Waals surface area contributed by atoms with Crippen LogP contribution in [-0.4, -0.2) is 50.5 Å². The molecule has 0 bridgehead atoms. The number of benzene rings is 1. The molecule has 1 aliphatic heterocycles. The monoisotopic (exact) mass is 295 g/mol. The summed E-state index contributed by atoms with van der Waals surface area (Å²) >= 11 is 0. The first-order valence-electron chi connectivity index (χ1n) is 6.41. The van der Waals surface area contributed by atoms with Crippen molar-refractivity contribution in [1.82, 2.24) is 5.32 Å². The van der Waals surface area contributed by atoms with Gasteiger partial charge in [0.15, 0.2) is 11.5 Å². The second kappa shape index (κ2) is 6.45. The molecule has 0 radical (unpaired) electrons. The number of nitrogens with one attached hydrogen (secondary N) is 1. The van der Waals surface area contributed by atoms with Crippen molar-refractivity contribution in [2.45, 2.75) is 6.04 Å². The highest BCUT2D eigenvalue weighted by Gasteiger charge is 2.35. The van der Waals surface area contributed by atoms with Gasteiger partial charge in [-0.05, 0) is 12.1 Å². The fourth-order valence-corrected chi connectivity index (χ4v) is 2.25. The molecule has 1 aromatic rings. The van der Waals surface area contributed by atoms with E-state index in [0.29, 0.717) is 11.5 Å². The largest absolute Gasteiger partial charge is 0.493 e. The van der Waals surface area contributed by atoms with Crippen LogP contribution in [0.15, 0.2) is 18.2 Å². The molecule has 7 nitrogen and oxygen atoms in total. The Morgan fingerprint density at radius 2 is 2.05 bits per heavy atom. The van der Waals surface area contributed by atoms with Gasteiger partial charge in [-0.15, -0.1) is 0 Å². The van der Waals surface area contributed by atoms with Gasteiger partial charge in [-0.25, -0.2) is 0 Å². The van der Waals surface area contributed by atoms with Gasteiger partial charge in [-0.2, -0.15) is 0 Å². The number of carbonyl (C=O) groups is 2. The molecule has 0 spiro atoms. The Bertz CT molecular complexity index is 544. The lowest BCUT2D eigenvalue weighted by Gasteiger charge is -2.17. The summed E-state index contributed by atoms with van der Waals surface area (Å²) in [4.78, 5) is 23.4. The molecule has 2 atom stereocenters. The van der Waals surface area contributed by atoms with Crippen molar-refractivity contribution in [2.24, 2.45) is 5.92 Å². The molecule has 2 N–H and O–H groups in total. The Morgan fingerprint density at radius 1 is 1.29 bits per heavy atom. The highest BCUT2D eigenvalue weighted by atomic mass is 16.5. The number of carboxylic acids is 1. The van der Waals surface area contributed by atoms with Crippen molar-refractivity contribution in [3.05, 3.63) is 23.8 Å². The molecular formula is C14H17NO6. The van der Waals surface area contributed by atoms with E-state index < -0.39 is 23.8 Å². The molecule has 1 aliphatic rings. The quantitative estimate of drug-likeness (QED) is 0.823. The Balaban J connectivity index is 2.19. The van der Waals surface area contributed by atoms with Crippen LogP contribution >= 0.6 is 0 Å². The van der Waals surface area contributed by atoms with Gasteiger partial charge < -0.3 is 24.6 Å². The highest BCUT2D eigenvalue weighted by molar-refractivity contribution is 5.98. The summed E-state index contributed by atoms with van der Waals surface area (Å²) < 4.78 is 15.4. The lowest BCUT2D eigenvalue weighted by molar-refractivity contribution is -0.142. The molecule has 0 aliphatic carbocycles. The van der Waals surface area contributed by atoms with Crippen LogP contribution in [0.3, 0.4) is 0 Å². The molecule has 1 fully saturated rings. The maximum Gasteiger partial charge on any atom is 0.311 e. The van der Waals surface area contributed by atoms with E-state index in [-0.39, 0.29) is 18.8 Å². The minimum atomic E-state index is -0.990. The number of aliphatic carboxylic acids is 1. The topological polar surface area (TPSA) is 94.1 Å². The lowest BCUT2D eigenvalue weighted by Crippen LogP contribution is -2.42. The molecule has 1 heterocycles. The summed E-state index contributed by atoms with van der Waals surface area (Å²) in [7, 11) is 2.91. The molecule has 0 aromatic heterocycles. The first kappa shape index (κ1) is 15.1. The minimum absolute atomic E-state index is 0.0928. The number of para-hydroxylation sites is 1. The van der Waals surface area contributed by atoms with Gasteiger partial charge in [0.1, 0.15) is 5.92 Å². The zero-order valence-corrected chi connectivity index (χ0v) is 11.8. The van der Waals surface area contributed by atoms with E-state index in [1.807, 2.05) is 0 Å². The summed E-state index contributed by atoms with van der Waals surface area (Å²) in [6.45, 7) is 0.268. The first-order chi connectivity index (χ1) is 10.1. The van der Waals surface area contributed by atoms with Gasteiger partial charge >= 0.3 is 5.97 Å². The molecule has 1 aromatic carbocycles. The molecule has 2 rings (SSSR count). The van der Waals surface area contributed by atoms with E-state index in [4.69, 9.17) is 19.3 Å². The van der Waals surface area contributed by atoms with E-state index in [1.54, 1.807) is 18.2 Å². The van der Waals surface area contributed by atoms with Crippen LogP contribution in [0.5, 0.6) is 11.5 Å². The fraction of sp³-hybridized carbons (Fsp3) is 0.429. The van der Waals surface area contributed by atoms with E-state index in [2.05, 4.69) is 5.32 Å². The molecule has 21 heavy (non-hydrogen) atoms. The van der Waals surface area contributed by atoms with Gasteiger partial charge in [0.2, 0.25) is 0 Å². The normalized spacial score (nSPS) is 20.9. The van der Waals surface area contributed by atoms with Crippen LogP contribution < -0.4 is 14.8 Å². The average molecular weight is 295 g/mol. The van der Waals surface area contributed by atoms with Crippen molar-refractivity contribution >= 4 is 11.9 Å². The van der Waals surface area contributed by atoms with Crippen molar-refractivity contribution in [3.8, 4) is 11.5 Å². The van der Waals surface area contributed by atoms with Crippen LogP contribution in [-0.2, 0) is 9.53 Å². The molecular weight excluding hydrogens is 278 g/mol. The average Bonchev–Trinajstić information content (AvgIpc) is 2.94. The van der Waals surface area contributed by atoms with Gasteiger partial charge in [-0.1, -0.05) is 6.07 Å². The third kappa shape index (κ3) is 3.08. The van der Waals surface area contributed by atoms with Crippen LogP contribution in [0, 0.1) is 5.92 Å². The summed E-state index contributed by atoms with van der Waals surface area (Å²) in [5, 5.41) is 11.7. The molecule has 2 unspecified atom stereocenters. The fourth-order valence-electron chi connectivity index (χ4n) is 2.25. The Morgan fingerprint density at radius 3 is 2.67 bits per heavy atom. The Hall–Kier alpha value is -2.28. The second-order valence-corrected chi connectivity index (χ2v) is 4.60. The number of rotatable bonds is 5. The number of methoxy groups -OCH3 is 2. The van der Waals surface area contributed by atoms with Crippen LogP contribution in [0.2, 0.25) is 0 Å².